The number of morpholine rings is 1. The maximum Gasteiger partial charge on any atom is 0.224 e. The lowest BCUT2D eigenvalue weighted by Crippen LogP contribution is -2.49. The molecule has 0 spiro atoms. The molecule has 1 N–H and O–H groups in total. The third-order valence-electron chi connectivity index (χ3n) is 5.52. The Morgan fingerprint density at radius 1 is 1.19 bits per heavy atom. The molecule has 0 aromatic carbocycles. The Labute approximate surface area is 187 Å². The van der Waals surface area contributed by atoms with Gasteiger partial charge in [0.15, 0.2) is 17.0 Å². The minimum Gasteiger partial charge on any atom is -0.372 e. The number of carbonyl (C=O) groups excluding carboxylic acids is 1. The van der Waals surface area contributed by atoms with Crippen LogP contribution in [0.5, 0.6) is 0 Å². The van der Waals surface area contributed by atoms with E-state index in [-0.39, 0.29) is 24.2 Å². The van der Waals surface area contributed by atoms with Crippen LogP contribution in [0.15, 0.2) is 18.7 Å². The van der Waals surface area contributed by atoms with Gasteiger partial charge in [-0.3, -0.25) is 4.79 Å². The zero-order chi connectivity index (χ0) is 22.8. The fourth-order valence-corrected chi connectivity index (χ4v) is 4.13. The maximum absolute atomic E-state index is 12.8. The average molecular weight is 439 g/mol. The van der Waals surface area contributed by atoms with Crippen LogP contribution in [0.2, 0.25) is 0 Å². The van der Waals surface area contributed by atoms with Crippen LogP contribution in [0.3, 0.4) is 0 Å². The molecule has 1 aliphatic heterocycles. The Morgan fingerprint density at radius 2 is 1.88 bits per heavy atom. The molecule has 0 aliphatic carbocycles. The molecule has 3 aromatic rings. The molecule has 1 fully saturated rings. The molecule has 1 aliphatic rings. The van der Waals surface area contributed by atoms with Crippen molar-refractivity contribution in [1.82, 2.24) is 34.4 Å². The lowest BCUT2D eigenvalue weighted by molar-refractivity contribution is -0.143. The van der Waals surface area contributed by atoms with Gasteiger partial charge < -0.3 is 19.5 Å². The standard InChI is InChI=1S/C22H30N8O2/c1-6-30-21(17-8-23-16(5)24-9-17)28-19-20(25-12-26-22(19)30)27-13(2)7-18(31)29-10-14(3)32-15(4)11-29/h8-9,12-15H,6-7,10-11H2,1-5H3,(H,25,26,27)/t13-,14?,15?/m0/s1. The second-order valence-corrected chi connectivity index (χ2v) is 8.40. The first-order valence-electron chi connectivity index (χ1n) is 11.1. The van der Waals surface area contributed by atoms with Crippen LogP contribution in [-0.4, -0.2) is 71.6 Å². The molecular weight excluding hydrogens is 408 g/mol. The van der Waals surface area contributed by atoms with Crippen LogP contribution in [-0.2, 0) is 16.1 Å². The summed E-state index contributed by atoms with van der Waals surface area (Å²) in [7, 11) is 0. The predicted octanol–water partition coefficient (Wildman–Crippen LogP) is 2.44. The quantitative estimate of drug-likeness (QED) is 0.625. The number of imidazole rings is 1. The van der Waals surface area contributed by atoms with E-state index in [2.05, 4.69) is 25.3 Å². The van der Waals surface area contributed by atoms with Gasteiger partial charge in [0.2, 0.25) is 5.91 Å². The summed E-state index contributed by atoms with van der Waals surface area (Å²) in [5, 5.41) is 3.37. The molecule has 10 nitrogen and oxygen atoms in total. The van der Waals surface area contributed by atoms with Crippen LogP contribution < -0.4 is 5.32 Å². The Bertz CT molecular complexity index is 1090. The van der Waals surface area contributed by atoms with E-state index in [0.717, 1.165) is 17.0 Å². The number of aryl methyl sites for hydroxylation is 2. The molecule has 170 valence electrons. The van der Waals surface area contributed by atoms with Gasteiger partial charge in [-0.15, -0.1) is 0 Å². The molecule has 4 heterocycles. The molecule has 2 unspecified atom stereocenters. The normalized spacial score (nSPS) is 19.8. The first kappa shape index (κ1) is 22.1. The van der Waals surface area contributed by atoms with Crippen LogP contribution in [0.25, 0.3) is 22.6 Å². The minimum absolute atomic E-state index is 0.0506. The molecule has 3 atom stereocenters. The van der Waals surface area contributed by atoms with E-state index in [4.69, 9.17) is 9.72 Å². The summed E-state index contributed by atoms with van der Waals surface area (Å²) in [6.45, 7) is 11.8. The molecule has 0 bridgehead atoms. The van der Waals surface area contributed by atoms with E-state index in [1.54, 1.807) is 12.4 Å². The number of anilines is 1. The van der Waals surface area contributed by atoms with E-state index in [0.29, 0.717) is 43.2 Å². The average Bonchev–Trinajstić information content (AvgIpc) is 3.13. The van der Waals surface area contributed by atoms with Gasteiger partial charge in [0.05, 0.1) is 17.8 Å². The summed E-state index contributed by atoms with van der Waals surface area (Å²) in [5.41, 5.74) is 2.22. The van der Waals surface area contributed by atoms with Crippen molar-refractivity contribution in [1.29, 1.82) is 0 Å². The zero-order valence-corrected chi connectivity index (χ0v) is 19.2. The number of amides is 1. The maximum atomic E-state index is 12.8. The third-order valence-corrected chi connectivity index (χ3v) is 5.52. The molecule has 3 aromatic heterocycles. The number of fused-ring (bicyclic) bond motifs is 1. The minimum atomic E-state index is -0.119. The molecule has 0 radical (unpaired) electrons. The molecule has 1 amide bonds. The summed E-state index contributed by atoms with van der Waals surface area (Å²) >= 11 is 0. The lowest BCUT2D eigenvalue weighted by Gasteiger charge is -2.35. The third kappa shape index (κ3) is 4.55. The number of nitrogens with one attached hydrogen (secondary N) is 1. The highest BCUT2D eigenvalue weighted by Crippen LogP contribution is 2.26. The zero-order valence-electron chi connectivity index (χ0n) is 19.2. The van der Waals surface area contributed by atoms with Crippen LogP contribution in [0.4, 0.5) is 5.82 Å². The predicted molar refractivity (Wildman–Crippen MR) is 121 cm³/mol. The smallest absolute Gasteiger partial charge is 0.224 e. The van der Waals surface area contributed by atoms with Crippen molar-refractivity contribution in [2.45, 2.75) is 65.8 Å². The van der Waals surface area contributed by atoms with Gasteiger partial charge in [0.1, 0.15) is 18.0 Å². The monoisotopic (exact) mass is 438 g/mol. The van der Waals surface area contributed by atoms with Gasteiger partial charge in [-0.25, -0.2) is 24.9 Å². The lowest BCUT2D eigenvalue weighted by atomic mass is 10.1. The highest BCUT2D eigenvalue weighted by molar-refractivity contribution is 5.86. The van der Waals surface area contributed by atoms with Crippen molar-refractivity contribution in [2.24, 2.45) is 0 Å². The largest absolute Gasteiger partial charge is 0.372 e. The van der Waals surface area contributed by atoms with E-state index in [1.807, 2.05) is 44.1 Å². The van der Waals surface area contributed by atoms with E-state index < -0.39 is 0 Å². The van der Waals surface area contributed by atoms with Crippen molar-refractivity contribution >= 4 is 22.9 Å². The first-order valence-corrected chi connectivity index (χ1v) is 11.1. The van der Waals surface area contributed by atoms with Crippen LogP contribution in [0.1, 0.15) is 39.9 Å². The summed E-state index contributed by atoms with van der Waals surface area (Å²) in [6, 6.07) is -0.119. The number of ether oxygens (including phenoxy) is 1. The van der Waals surface area contributed by atoms with Crippen molar-refractivity contribution < 1.29 is 9.53 Å². The topological polar surface area (TPSA) is 111 Å². The highest BCUT2D eigenvalue weighted by Gasteiger charge is 2.27. The first-order chi connectivity index (χ1) is 15.4. The number of rotatable bonds is 6. The fraction of sp³-hybridized carbons (Fsp3) is 0.545. The Morgan fingerprint density at radius 3 is 2.53 bits per heavy atom. The summed E-state index contributed by atoms with van der Waals surface area (Å²) in [5.74, 6) is 2.16. The van der Waals surface area contributed by atoms with Gasteiger partial charge in [-0.1, -0.05) is 0 Å². The second-order valence-electron chi connectivity index (χ2n) is 8.40. The van der Waals surface area contributed by atoms with Crippen LogP contribution >= 0.6 is 0 Å². The van der Waals surface area contributed by atoms with Crippen molar-refractivity contribution in [2.75, 3.05) is 18.4 Å². The second kappa shape index (κ2) is 9.15. The SMILES string of the molecule is CCn1c(-c2cnc(C)nc2)nc2c(N[C@@H](C)CC(=O)N3CC(C)OC(C)C3)ncnc21. The fourth-order valence-electron chi connectivity index (χ4n) is 4.13. The van der Waals surface area contributed by atoms with Gasteiger partial charge in [-0.2, -0.15) is 0 Å². The summed E-state index contributed by atoms with van der Waals surface area (Å²) in [4.78, 5) is 37.0. The van der Waals surface area contributed by atoms with Gasteiger partial charge in [-0.05, 0) is 34.6 Å². The van der Waals surface area contributed by atoms with Crippen molar-refractivity contribution in [3.05, 3.63) is 24.5 Å². The summed E-state index contributed by atoms with van der Waals surface area (Å²) in [6.07, 6.45) is 5.51. The molecule has 4 rings (SSSR count). The van der Waals surface area contributed by atoms with Gasteiger partial charge >= 0.3 is 0 Å². The Kier molecular flexibility index (Phi) is 6.31. The highest BCUT2D eigenvalue weighted by atomic mass is 16.5. The van der Waals surface area contributed by atoms with Crippen molar-refractivity contribution in [3.8, 4) is 11.4 Å². The number of nitrogens with zero attached hydrogens (tertiary/aromatic N) is 7. The van der Waals surface area contributed by atoms with E-state index in [1.165, 1.54) is 6.33 Å². The number of aromatic nitrogens is 6. The number of carbonyl (C=O) groups is 1. The van der Waals surface area contributed by atoms with E-state index >= 15 is 0 Å². The van der Waals surface area contributed by atoms with E-state index in [9.17, 15) is 4.79 Å². The Hall–Kier alpha value is -3.14. The molecular formula is C22H30N8O2. The van der Waals surface area contributed by atoms with Gasteiger partial charge in [0.25, 0.3) is 0 Å². The van der Waals surface area contributed by atoms with Crippen molar-refractivity contribution in [3.63, 3.8) is 0 Å². The van der Waals surface area contributed by atoms with Gasteiger partial charge in [0, 0.05) is 44.5 Å². The molecule has 10 heteroatoms. The molecule has 1 saturated heterocycles. The Balaban J connectivity index is 1.55. The van der Waals surface area contributed by atoms with Crippen LogP contribution in [0, 0.1) is 6.92 Å². The summed E-state index contributed by atoms with van der Waals surface area (Å²) < 4.78 is 7.75. The number of hydrogen-bond acceptors (Lipinski definition) is 8. The molecule has 32 heavy (non-hydrogen) atoms. The molecule has 0 saturated carbocycles. The number of hydrogen-bond donors (Lipinski definition) is 1.